The minimum atomic E-state index is -0.359. The quantitative estimate of drug-likeness (QED) is 0.680. The van der Waals surface area contributed by atoms with Crippen molar-refractivity contribution in [3.8, 4) is 0 Å². The Morgan fingerprint density at radius 2 is 1.83 bits per heavy atom. The van der Waals surface area contributed by atoms with Crippen LogP contribution in [0.4, 0.5) is 0 Å². The Labute approximate surface area is 175 Å². The molecule has 0 unspecified atom stereocenters. The van der Waals surface area contributed by atoms with Crippen molar-refractivity contribution in [1.29, 1.82) is 0 Å². The number of rotatable bonds is 6. The first-order valence-corrected chi connectivity index (χ1v) is 10.7. The van der Waals surface area contributed by atoms with Crippen molar-refractivity contribution in [2.75, 3.05) is 26.7 Å². The van der Waals surface area contributed by atoms with Gasteiger partial charge in [-0.25, -0.2) is 0 Å². The number of hydrogen-bond acceptors (Lipinski definition) is 5. The van der Waals surface area contributed by atoms with Crippen LogP contribution in [0.1, 0.15) is 41.0 Å². The van der Waals surface area contributed by atoms with E-state index in [9.17, 15) is 14.4 Å². The van der Waals surface area contributed by atoms with Crippen molar-refractivity contribution in [2.45, 2.75) is 25.8 Å². The molecule has 29 heavy (non-hydrogen) atoms. The van der Waals surface area contributed by atoms with Crippen molar-refractivity contribution >= 4 is 29.1 Å². The Bertz CT molecular complexity index is 830. The van der Waals surface area contributed by atoms with E-state index in [2.05, 4.69) is 0 Å². The number of esters is 1. The van der Waals surface area contributed by atoms with Gasteiger partial charge in [-0.1, -0.05) is 36.4 Å². The Morgan fingerprint density at radius 3 is 2.45 bits per heavy atom. The zero-order valence-corrected chi connectivity index (χ0v) is 17.6. The molecule has 3 rings (SSSR count). The minimum absolute atomic E-state index is 0.0125. The van der Waals surface area contributed by atoms with Crippen LogP contribution in [0.3, 0.4) is 0 Å². The van der Waals surface area contributed by atoms with Gasteiger partial charge in [-0.3, -0.25) is 14.4 Å². The second-order valence-electron chi connectivity index (χ2n) is 7.24. The number of carbonyl (C=O) groups is 3. The molecule has 0 radical (unpaired) electrons. The Kier molecular flexibility index (Phi) is 7.04. The second-order valence-corrected chi connectivity index (χ2v) is 8.19. The summed E-state index contributed by atoms with van der Waals surface area (Å²) in [6.07, 6.45) is 1.11. The number of carbonyl (C=O) groups excluding carboxylic acids is 3. The summed E-state index contributed by atoms with van der Waals surface area (Å²) in [5.74, 6) is -0.854. The lowest BCUT2D eigenvalue weighted by Gasteiger charge is -2.31. The van der Waals surface area contributed by atoms with Gasteiger partial charge in [0.2, 0.25) is 0 Å². The third-order valence-corrected chi connectivity index (χ3v) is 6.30. The predicted octanol–water partition coefficient (Wildman–Crippen LogP) is 3.36. The van der Waals surface area contributed by atoms with Crippen LogP contribution in [0.25, 0.3) is 0 Å². The molecule has 7 heteroatoms. The lowest BCUT2D eigenvalue weighted by atomic mass is 9.97. The highest BCUT2D eigenvalue weighted by molar-refractivity contribution is 7.12. The summed E-state index contributed by atoms with van der Waals surface area (Å²) in [5, 5.41) is 1.88. The molecule has 0 N–H and O–H groups in total. The number of thiophene rings is 1. The van der Waals surface area contributed by atoms with E-state index in [0.717, 1.165) is 5.56 Å². The maximum atomic E-state index is 12.4. The third-order valence-electron chi connectivity index (χ3n) is 5.44. The molecule has 1 aliphatic rings. The van der Waals surface area contributed by atoms with E-state index in [1.807, 2.05) is 54.8 Å². The van der Waals surface area contributed by atoms with Crippen molar-refractivity contribution in [3.05, 3.63) is 58.3 Å². The summed E-state index contributed by atoms with van der Waals surface area (Å²) in [4.78, 5) is 41.2. The number of nitrogens with zero attached hydrogens (tertiary/aromatic N) is 2. The molecule has 1 fully saturated rings. The highest BCUT2D eigenvalue weighted by atomic mass is 32.1. The fourth-order valence-electron chi connectivity index (χ4n) is 3.40. The maximum Gasteiger partial charge on any atom is 0.309 e. The van der Waals surface area contributed by atoms with Gasteiger partial charge >= 0.3 is 5.97 Å². The predicted molar refractivity (Wildman–Crippen MR) is 112 cm³/mol. The lowest BCUT2D eigenvalue weighted by molar-refractivity contribution is -0.156. The maximum absolute atomic E-state index is 12.4. The molecule has 0 bridgehead atoms. The molecule has 0 aliphatic carbocycles. The van der Waals surface area contributed by atoms with Crippen LogP contribution in [0.5, 0.6) is 0 Å². The van der Waals surface area contributed by atoms with Crippen LogP contribution in [-0.2, 0) is 14.3 Å². The molecule has 6 nitrogen and oxygen atoms in total. The van der Waals surface area contributed by atoms with E-state index in [1.54, 1.807) is 16.8 Å². The van der Waals surface area contributed by atoms with Crippen LogP contribution in [0, 0.1) is 5.92 Å². The topological polar surface area (TPSA) is 66.9 Å². The van der Waals surface area contributed by atoms with E-state index in [0.29, 0.717) is 30.8 Å². The van der Waals surface area contributed by atoms with E-state index in [4.69, 9.17) is 4.74 Å². The number of likely N-dealkylation sites (tertiary alicyclic amines) is 1. The van der Waals surface area contributed by atoms with Gasteiger partial charge in [0.05, 0.1) is 16.8 Å². The summed E-state index contributed by atoms with van der Waals surface area (Å²) in [6, 6.07) is 13.3. The van der Waals surface area contributed by atoms with Crippen molar-refractivity contribution in [3.63, 3.8) is 0 Å². The van der Waals surface area contributed by atoms with Gasteiger partial charge in [-0.2, -0.15) is 0 Å². The normalized spacial score (nSPS) is 15.6. The Hall–Kier alpha value is -2.67. The van der Waals surface area contributed by atoms with Crippen LogP contribution >= 0.6 is 11.3 Å². The molecule has 1 aliphatic heterocycles. The Balaban J connectivity index is 1.44. The number of amides is 2. The molecule has 2 amide bonds. The molecule has 154 valence electrons. The van der Waals surface area contributed by atoms with Gasteiger partial charge in [0.25, 0.3) is 11.8 Å². The first-order valence-electron chi connectivity index (χ1n) is 9.77. The van der Waals surface area contributed by atoms with Gasteiger partial charge in [0.15, 0.2) is 6.61 Å². The van der Waals surface area contributed by atoms with Crippen molar-refractivity contribution < 1.29 is 19.1 Å². The molecular weight excluding hydrogens is 388 g/mol. The van der Waals surface area contributed by atoms with Gasteiger partial charge in [-0.15, -0.1) is 11.3 Å². The molecule has 2 heterocycles. The zero-order valence-electron chi connectivity index (χ0n) is 16.7. The van der Waals surface area contributed by atoms with Crippen LogP contribution in [0.2, 0.25) is 0 Å². The number of ether oxygens (including phenoxy) is 1. The van der Waals surface area contributed by atoms with E-state index >= 15 is 0 Å². The largest absolute Gasteiger partial charge is 0.455 e. The van der Waals surface area contributed by atoms with E-state index in [1.165, 1.54) is 11.3 Å². The van der Waals surface area contributed by atoms with Gasteiger partial charge in [0, 0.05) is 20.1 Å². The number of piperidine rings is 1. The monoisotopic (exact) mass is 414 g/mol. The van der Waals surface area contributed by atoms with Gasteiger partial charge in [0.1, 0.15) is 0 Å². The first kappa shape index (κ1) is 21.0. The van der Waals surface area contributed by atoms with Crippen LogP contribution in [-0.4, -0.2) is 54.3 Å². The summed E-state index contributed by atoms with van der Waals surface area (Å²) < 4.78 is 5.29. The highest BCUT2D eigenvalue weighted by Crippen LogP contribution is 2.22. The van der Waals surface area contributed by atoms with Crippen molar-refractivity contribution in [1.82, 2.24) is 9.80 Å². The Morgan fingerprint density at radius 1 is 1.14 bits per heavy atom. The minimum Gasteiger partial charge on any atom is -0.455 e. The van der Waals surface area contributed by atoms with Gasteiger partial charge in [-0.05, 0) is 36.8 Å². The smallest absolute Gasteiger partial charge is 0.309 e. The summed E-state index contributed by atoms with van der Waals surface area (Å²) in [5.41, 5.74) is 1.03. The average molecular weight is 415 g/mol. The average Bonchev–Trinajstić information content (AvgIpc) is 3.31. The second kappa shape index (κ2) is 9.69. The summed E-state index contributed by atoms with van der Waals surface area (Å²) in [7, 11) is 1.71. The summed E-state index contributed by atoms with van der Waals surface area (Å²) >= 11 is 1.42. The molecule has 0 spiro atoms. The molecular formula is C22H26N2O4S. The van der Waals surface area contributed by atoms with Crippen LogP contribution in [0.15, 0.2) is 47.8 Å². The van der Waals surface area contributed by atoms with Crippen molar-refractivity contribution in [2.24, 2.45) is 5.92 Å². The molecule has 1 atom stereocenters. The summed E-state index contributed by atoms with van der Waals surface area (Å²) in [6.45, 7) is 2.72. The molecule has 1 aromatic carbocycles. The molecule has 1 saturated heterocycles. The molecule has 0 saturated carbocycles. The standard InChI is InChI=1S/C22H26N2O4S/c1-16(17-7-4-3-5-8-17)23(2)20(25)15-28-22(27)18-10-12-24(13-11-18)21(26)19-9-6-14-29-19/h3-9,14,16,18H,10-13,15H2,1-2H3/t16-/m1/s1. The molecule has 1 aromatic heterocycles. The van der Waals surface area contributed by atoms with E-state index < -0.39 is 0 Å². The van der Waals surface area contributed by atoms with Crippen LogP contribution < -0.4 is 0 Å². The zero-order chi connectivity index (χ0) is 20.8. The number of hydrogen-bond donors (Lipinski definition) is 0. The lowest BCUT2D eigenvalue weighted by Crippen LogP contribution is -2.41. The number of likely N-dealkylation sites (N-methyl/N-ethyl adjacent to an activating group) is 1. The number of benzene rings is 1. The third kappa shape index (κ3) is 5.23. The van der Waals surface area contributed by atoms with Gasteiger partial charge < -0.3 is 14.5 Å². The SMILES string of the molecule is C[C@H](c1ccccc1)N(C)C(=O)COC(=O)C1CCN(C(=O)c2cccs2)CC1. The fraction of sp³-hybridized carbons (Fsp3) is 0.409. The first-order chi connectivity index (χ1) is 14.0. The fourth-order valence-corrected chi connectivity index (χ4v) is 4.09. The van der Waals surface area contributed by atoms with E-state index in [-0.39, 0.29) is 36.4 Å². The molecule has 2 aromatic rings. The highest BCUT2D eigenvalue weighted by Gasteiger charge is 2.30.